The first kappa shape index (κ1) is 28.4. The fourth-order valence-electron chi connectivity index (χ4n) is 5.98. The summed E-state index contributed by atoms with van der Waals surface area (Å²) in [4.78, 5) is 26.9. The Morgan fingerprint density at radius 2 is 1.80 bits per heavy atom. The predicted octanol–water partition coefficient (Wildman–Crippen LogP) is 5.46. The summed E-state index contributed by atoms with van der Waals surface area (Å²) in [6, 6.07) is 6.34. The molecule has 2 aromatic rings. The van der Waals surface area contributed by atoms with E-state index in [0.29, 0.717) is 31.8 Å². The quantitative estimate of drug-likeness (QED) is 0.395. The molecule has 1 saturated carbocycles. The van der Waals surface area contributed by atoms with Crippen LogP contribution in [-0.4, -0.2) is 78.5 Å². The number of aromatic nitrogens is 2. The zero-order chi connectivity index (χ0) is 28.1. The van der Waals surface area contributed by atoms with Crippen LogP contribution in [0, 0.1) is 0 Å². The lowest BCUT2D eigenvalue weighted by Gasteiger charge is -2.34. The van der Waals surface area contributed by atoms with Gasteiger partial charge in [-0.25, -0.2) is 4.98 Å². The number of piperazine rings is 1. The van der Waals surface area contributed by atoms with Crippen molar-refractivity contribution >= 4 is 29.0 Å². The molecule has 2 saturated heterocycles. The van der Waals surface area contributed by atoms with Gasteiger partial charge in [0.1, 0.15) is 11.4 Å². The van der Waals surface area contributed by atoms with Crippen LogP contribution in [0.3, 0.4) is 0 Å². The molecule has 2 N–H and O–H groups in total. The Hall–Kier alpha value is -3.08. The zero-order valence-electron chi connectivity index (χ0n) is 23.3. The zero-order valence-corrected chi connectivity index (χ0v) is 23.3. The Morgan fingerprint density at radius 3 is 2.52 bits per heavy atom. The molecule has 3 aliphatic rings. The van der Waals surface area contributed by atoms with Crippen molar-refractivity contribution in [2.24, 2.45) is 0 Å². The van der Waals surface area contributed by atoms with Crippen molar-refractivity contribution in [1.29, 1.82) is 0 Å². The molecule has 1 aromatic carbocycles. The lowest BCUT2D eigenvalue weighted by atomic mass is 9.95. The molecule has 218 valence electrons. The van der Waals surface area contributed by atoms with Crippen LogP contribution in [0.2, 0.25) is 0 Å². The highest BCUT2D eigenvalue weighted by Crippen LogP contribution is 2.41. The van der Waals surface area contributed by atoms with Crippen LogP contribution < -0.4 is 15.5 Å². The number of benzene rings is 1. The van der Waals surface area contributed by atoms with Gasteiger partial charge in [-0.1, -0.05) is 12.8 Å². The Balaban J connectivity index is 1.32. The van der Waals surface area contributed by atoms with Gasteiger partial charge in [-0.3, -0.25) is 4.79 Å². The minimum atomic E-state index is -4.58. The third-order valence-electron chi connectivity index (χ3n) is 8.36. The largest absolute Gasteiger partial charge is 0.421 e. The van der Waals surface area contributed by atoms with E-state index in [1.165, 1.54) is 24.1 Å². The average molecular weight is 560 g/mol. The van der Waals surface area contributed by atoms with Gasteiger partial charge in [-0.05, 0) is 68.8 Å². The second-order valence-corrected chi connectivity index (χ2v) is 11.2. The third-order valence-corrected chi connectivity index (χ3v) is 8.36. The number of carbonyl (C=O) groups excluding carboxylic acids is 1. The standard InChI is InChI=1S/C29H40F3N7O/c1-37-15-17-38(18-16-37)22-10-11-25(23(19-22)21-7-2-3-8-21)35-28-34-20-24(29(30,31)32)27(36-28)33-12-6-14-39-13-5-4-9-26(39)40/h10-11,19-21H,2-9,12-18H2,1H3,(H2,33,34,35,36). The molecule has 3 heterocycles. The summed E-state index contributed by atoms with van der Waals surface area (Å²) in [5.74, 6) is 0.409. The Kier molecular flexibility index (Phi) is 8.97. The first-order valence-corrected chi connectivity index (χ1v) is 14.6. The van der Waals surface area contributed by atoms with Crippen LogP contribution in [0.4, 0.5) is 36.3 Å². The SMILES string of the molecule is CN1CCN(c2ccc(Nc3ncc(C(F)(F)F)c(NCCCN4CCCCC4=O)n3)c(C3CCCC3)c2)CC1. The number of rotatable bonds is 9. The average Bonchev–Trinajstić information content (AvgIpc) is 3.47. The van der Waals surface area contributed by atoms with Crippen molar-refractivity contribution in [2.75, 3.05) is 68.4 Å². The van der Waals surface area contributed by atoms with Crippen LogP contribution in [0.15, 0.2) is 24.4 Å². The number of anilines is 4. The molecule has 1 aromatic heterocycles. The second kappa shape index (κ2) is 12.6. The fourth-order valence-corrected chi connectivity index (χ4v) is 5.98. The molecule has 0 bridgehead atoms. The van der Waals surface area contributed by atoms with Crippen molar-refractivity contribution in [1.82, 2.24) is 19.8 Å². The van der Waals surface area contributed by atoms with E-state index in [0.717, 1.165) is 63.7 Å². The summed E-state index contributed by atoms with van der Waals surface area (Å²) in [6.45, 7) is 5.48. The number of halogens is 3. The number of amides is 1. The van der Waals surface area contributed by atoms with E-state index in [1.54, 1.807) is 4.90 Å². The molecule has 1 amide bonds. The number of nitrogens with zero attached hydrogens (tertiary/aromatic N) is 5. The van der Waals surface area contributed by atoms with E-state index in [-0.39, 0.29) is 24.2 Å². The fraction of sp³-hybridized carbons (Fsp3) is 0.621. The van der Waals surface area contributed by atoms with Crippen LogP contribution in [0.25, 0.3) is 0 Å². The number of hydrogen-bond donors (Lipinski definition) is 2. The first-order valence-electron chi connectivity index (χ1n) is 14.6. The Labute approximate surface area is 234 Å². The highest BCUT2D eigenvalue weighted by Gasteiger charge is 2.35. The Morgan fingerprint density at radius 1 is 1.02 bits per heavy atom. The lowest BCUT2D eigenvalue weighted by Crippen LogP contribution is -2.44. The minimum absolute atomic E-state index is 0.118. The van der Waals surface area contributed by atoms with Gasteiger partial charge in [0.25, 0.3) is 0 Å². The lowest BCUT2D eigenvalue weighted by molar-refractivity contribution is -0.137. The highest BCUT2D eigenvalue weighted by molar-refractivity contribution is 5.76. The van der Waals surface area contributed by atoms with E-state index >= 15 is 0 Å². The summed E-state index contributed by atoms with van der Waals surface area (Å²) >= 11 is 0. The molecule has 2 aliphatic heterocycles. The molecule has 40 heavy (non-hydrogen) atoms. The van der Waals surface area contributed by atoms with Crippen LogP contribution >= 0.6 is 0 Å². The van der Waals surface area contributed by atoms with Crippen LogP contribution in [0.1, 0.15) is 68.4 Å². The minimum Gasteiger partial charge on any atom is -0.369 e. The highest BCUT2D eigenvalue weighted by atomic mass is 19.4. The summed E-state index contributed by atoms with van der Waals surface area (Å²) in [5.41, 5.74) is 2.31. The predicted molar refractivity (Wildman–Crippen MR) is 151 cm³/mol. The van der Waals surface area contributed by atoms with Crippen molar-refractivity contribution in [3.05, 3.63) is 35.5 Å². The van der Waals surface area contributed by atoms with Gasteiger partial charge in [-0.2, -0.15) is 18.2 Å². The summed E-state index contributed by atoms with van der Waals surface area (Å²) in [5, 5.41) is 6.11. The van der Waals surface area contributed by atoms with Crippen molar-refractivity contribution in [3.8, 4) is 0 Å². The van der Waals surface area contributed by atoms with E-state index in [9.17, 15) is 18.0 Å². The molecule has 0 spiro atoms. The van der Waals surface area contributed by atoms with Gasteiger partial charge >= 0.3 is 6.18 Å². The number of alkyl halides is 3. The summed E-state index contributed by atoms with van der Waals surface area (Å²) in [7, 11) is 2.14. The molecule has 0 radical (unpaired) electrons. The topological polar surface area (TPSA) is 76.6 Å². The number of hydrogen-bond acceptors (Lipinski definition) is 7. The van der Waals surface area contributed by atoms with E-state index in [4.69, 9.17) is 0 Å². The molecule has 11 heteroatoms. The maximum Gasteiger partial charge on any atom is 0.421 e. The normalized spacial score (nSPS) is 19.4. The molecule has 0 unspecified atom stereocenters. The third kappa shape index (κ3) is 6.97. The van der Waals surface area contributed by atoms with Gasteiger partial charge in [0.2, 0.25) is 11.9 Å². The molecule has 3 fully saturated rings. The van der Waals surface area contributed by atoms with Crippen molar-refractivity contribution in [3.63, 3.8) is 0 Å². The van der Waals surface area contributed by atoms with Gasteiger partial charge in [0.15, 0.2) is 0 Å². The molecular formula is C29H40F3N7O. The summed E-state index contributed by atoms with van der Waals surface area (Å²) in [6.07, 6.45) is 3.77. The number of likely N-dealkylation sites (tertiary alicyclic amines) is 1. The van der Waals surface area contributed by atoms with Gasteiger partial charge in [0.05, 0.1) is 0 Å². The van der Waals surface area contributed by atoms with E-state index < -0.39 is 11.7 Å². The van der Waals surface area contributed by atoms with Gasteiger partial charge < -0.3 is 25.3 Å². The maximum absolute atomic E-state index is 13.8. The van der Waals surface area contributed by atoms with Crippen LogP contribution in [0.5, 0.6) is 0 Å². The van der Waals surface area contributed by atoms with E-state index in [2.05, 4.69) is 49.6 Å². The molecular weight excluding hydrogens is 519 g/mol. The Bertz CT molecular complexity index is 1160. The second-order valence-electron chi connectivity index (χ2n) is 11.2. The monoisotopic (exact) mass is 559 g/mol. The molecule has 5 rings (SSSR count). The van der Waals surface area contributed by atoms with Crippen molar-refractivity contribution < 1.29 is 18.0 Å². The van der Waals surface area contributed by atoms with Crippen molar-refractivity contribution in [2.45, 2.75) is 63.5 Å². The van der Waals surface area contributed by atoms with E-state index in [1.807, 2.05) is 6.07 Å². The van der Waals surface area contributed by atoms with Gasteiger partial charge in [-0.15, -0.1) is 0 Å². The molecule has 1 aliphatic carbocycles. The smallest absolute Gasteiger partial charge is 0.369 e. The van der Waals surface area contributed by atoms with Gasteiger partial charge in [0, 0.05) is 69.8 Å². The number of carbonyl (C=O) groups is 1. The number of piperidine rings is 1. The number of likely N-dealkylation sites (N-methyl/N-ethyl adjacent to an activating group) is 1. The molecule has 0 atom stereocenters. The first-order chi connectivity index (χ1) is 19.3. The maximum atomic E-state index is 13.8. The van der Waals surface area contributed by atoms with Crippen LogP contribution in [-0.2, 0) is 11.0 Å². The number of nitrogens with one attached hydrogen (secondary N) is 2. The molecule has 8 nitrogen and oxygen atoms in total. The summed E-state index contributed by atoms with van der Waals surface area (Å²) < 4.78 is 41.3.